The molecule has 0 saturated heterocycles. The van der Waals surface area contributed by atoms with Gasteiger partial charge in [0.15, 0.2) is 0 Å². The van der Waals surface area contributed by atoms with E-state index in [1.165, 1.54) is 16.8 Å². The molecular formula is C14H17N2O+. The second-order valence-corrected chi connectivity index (χ2v) is 4.36. The van der Waals surface area contributed by atoms with E-state index in [-0.39, 0.29) is 0 Å². The van der Waals surface area contributed by atoms with Crippen molar-refractivity contribution in [1.82, 2.24) is 5.32 Å². The number of para-hydroxylation sites is 1. The highest BCUT2D eigenvalue weighted by Gasteiger charge is 2.19. The number of nitrogens with one attached hydrogen (secondary N) is 2. The molecule has 0 amide bonds. The lowest BCUT2D eigenvalue weighted by Gasteiger charge is -1.98. The molecule has 17 heavy (non-hydrogen) atoms. The second kappa shape index (κ2) is 4.24. The van der Waals surface area contributed by atoms with Crippen molar-refractivity contribution in [1.29, 1.82) is 0 Å². The minimum absolute atomic E-state index is 0.917. The van der Waals surface area contributed by atoms with Gasteiger partial charge in [-0.3, -0.25) is 10.3 Å². The lowest BCUT2D eigenvalue weighted by Crippen LogP contribution is -2.71. The Morgan fingerprint density at radius 2 is 2.24 bits per heavy atom. The summed E-state index contributed by atoms with van der Waals surface area (Å²) < 4.78 is 5.89. The van der Waals surface area contributed by atoms with Gasteiger partial charge in [-0.15, -0.1) is 0 Å². The van der Waals surface area contributed by atoms with Gasteiger partial charge in [0.05, 0.1) is 6.42 Å². The van der Waals surface area contributed by atoms with Crippen LogP contribution >= 0.6 is 0 Å². The Bertz CT molecular complexity index is 569. The van der Waals surface area contributed by atoms with E-state index in [4.69, 9.17) is 4.42 Å². The van der Waals surface area contributed by atoms with E-state index < -0.39 is 0 Å². The molecule has 3 rings (SSSR count). The molecule has 2 N–H and O–H groups in total. The SMILES string of the molecule is CCc1oc2ccccc2c1CC1=[NH+]CCN1. The Morgan fingerprint density at radius 1 is 1.35 bits per heavy atom. The Labute approximate surface area is 101 Å². The summed E-state index contributed by atoms with van der Waals surface area (Å²) >= 11 is 0. The zero-order valence-corrected chi connectivity index (χ0v) is 10.0. The standard InChI is InChI=1S/C14H16N2O/c1-2-12-11(9-14-15-7-8-16-14)10-5-3-4-6-13(10)17-12/h3-6H,2,7-9H2,1H3,(H,15,16)/p+1. The van der Waals surface area contributed by atoms with Gasteiger partial charge in [-0.25, -0.2) is 0 Å². The molecule has 3 nitrogen and oxygen atoms in total. The fraction of sp³-hybridized carbons (Fsp3) is 0.357. The first kappa shape index (κ1) is 10.4. The first-order valence-corrected chi connectivity index (χ1v) is 6.21. The molecule has 0 atom stereocenters. The second-order valence-electron chi connectivity index (χ2n) is 4.36. The predicted octanol–water partition coefficient (Wildman–Crippen LogP) is 0.620. The lowest BCUT2D eigenvalue weighted by atomic mass is 10.1. The minimum atomic E-state index is 0.917. The summed E-state index contributed by atoms with van der Waals surface area (Å²) in [5, 5.41) is 4.62. The highest BCUT2D eigenvalue weighted by molar-refractivity contribution is 5.89. The molecule has 0 fully saturated rings. The Kier molecular flexibility index (Phi) is 2.59. The molecule has 0 spiro atoms. The fourth-order valence-corrected chi connectivity index (χ4v) is 2.42. The van der Waals surface area contributed by atoms with Crippen LogP contribution in [0, 0.1) is 0 Å². The highest BCUT2D eigenvalue weighted by atomic mass is 16.3. The van der Waals surface area contributed by atoms with Crippen LogP contribution in [-0.4, -0.2) is 18.9 Å². The van der Waals surface area contributed by atoms with Crippen molar-refractivity contribution in [3.05, 3.63) is 35.6 Å². The maximum absolute atomic E-state index is 5.89. The summed E-state index contributed by atoms with van der Waals surface area (Å²) in [6.07, 6.45) is 1.86. The van der Waals surface area contributed by atoms with Crippen LogP contribution in [0.1, 0.15) is 18.2 Å². The smallest absolute Gasteiger partial charge is 0.247 e. The number of rotatable bonds is 3. The largest absolute Gasteiger partial charge is 0.461 e. The predicted molar refractivity (Wildman–Crippen MR) is 68.1 cm³/mol. The van der Waals surface area contributed by atoms with E-state index in [1.807, 2.05) is 12.1 Å². The van der Waals surface area contributed by atoms with E-state index in [1.54, 1.807) is 0 Å². The van der Waals surface area contributed by atoms with Gasteiger partial charge in [-0.1, -0.05) is 25.1 Å². The van der Waals surface area contributed by atoms with Crippen molar-refractivity contribution in [3.8, 4) is 0 Å². The molecule has 0 bridgehead atoms. The monoisotopic (exact) mass is 229 g/mol. The van der Waals surface area contributed by atoms with E-state index in [0.29, 0.717) is 0 Å². The average molecular weight is 229 g/mol. The van der Waals surface area contributed by atoms with Crippen LogP contribution in [0.4, 0.5) is 0 Å². The third-order valence-corrected chi connectivity index (χ3v) is 3.26. The number of aryl methyl sites for hydroxylation is 1. The number of hydrogen-bond donors (Lipinski definition) is 2. The summed E-state index contributed by atoms with van der Waals surface area (Å²) in [7, 11) is 0. The van der Waals surface area contributed by atoms with Gasteiger partial charge in [0.1, 0.15) is 24.4 Å². The van der Waals surface area contributed by atoms with Gasteiger partial charge in [-0.05, 0) is 6.07 Å². The summed E-state index contributed by atoms with van der Waals surface area (Å²) in [5.74, 6) is 2.32. The van der Waals surface area contributed by atoms with Crippen LogP contribution in [0.2, 0.25) is 0 Å². The average Bonchev–Trinajstić information content (AvgIpc) is 2.98. The van der Waals surface area contributed by atoms with Crippen LogP contribution in [-0.2, 0) is 12.8 Å². The van der Waals surface area contributed by atoms with E-state index >= 15 is 0 Å². The molecular weight excluding hydrogens is 212 g/mol. The van der Waals surface area contributed by atoms with E-state index in [2.05, 4.69) is 29.4 Å². The van der Waals surface area contributed by atoms with Gasteiger partial charge in [0.25, 0.3) is 0 Å². The van der Waals surface area contributed by atoms with Gasteiger partial charge in [0.2, 0.25) is 5.84 Å². The molecule has 1 aliphatic heterocycles. The first-order chi connectivity index (χ1) is 8.38. The van der Waals surface area contributed by atoms with Crippen LogP contribution in [0.25, 0.3) is 11.0 Å². The molecule has 2 aromatic rings. The van der Waals surface area contributed by atoms with Gasteiger partial charge >= 0.3 is 0 Å². The molecule has 2 heterocycles. The van der Waals surface area contributed by atoms with Gasteiger partial charge in [0, 0.05) is 17.4 Å². The number of benzene rings is 1. The summed E-state index contributed by atoms with van der Waals surface area (Å²) in [5.41, 5.74) is 2.32. The minimum Gasteiger partial charge on any atom is -0.461 e. The van der Waals surface area contributed by atoms with Crippen LogP contribution in [0.5, 0.6) is 0 Å². The van der Waals surface area contributed by atoms with E-state index in [0.717, 1.165) is 37.3 Å². The number of hydrogen-bond acceptors (Lipinski definition) is 2. The van der Waals surface area contributed by atoms with Crippen molar-refractivity contribution in [3.63, 3.8) is 0 Å². The topological polar surface area (TPSA) is 39.1 Å². The van der Waals surface area contributed by atoms with E-state index in [9.17, 15) is 0 Å². The lowest BCUT2D eigenvalue weighted by molar-refractivity contribution is -0.445. The summed E-state index contributed by atoms with van der Waals surface area (Å²) in [4.78, 5) is 3.37. The van der Waals surface area contributed by atoms with Gasteiger partial charge < -0.3 is 4.42 Å². The maximum atomic E-state index is 5.89. The third-order valence-electron chi connectivity index (χ3n) is 3.26. The zero-order chi connectivity index (χ0) is 11.7. The molecule has 1 aromatic heterocycles. The van der Waals surface area contributed by atoms with Crippen molar-refractivity contribution in [2.75, 3.05) is 13.1 Å². The number of fused-ring (bicyclic) bond motifs is 1. The van der Waals surface area contributed by atoms with Crippen LogP contribution in [0.15, 0.2) is 28.7 Å². The van der Waals surface area contributed by atoms with Crippen molar-refractivity contribution >= 4 is 16.8 Å². The number of amidine groups is 1. The zero-order valence-electron chi connectivity index (χ0n) is 10.0. The summed E-state index contributed by atoms with van der Waals surface area (Å²) in [6.45, 7) is 4.18. The first-order valence-electron chi connectivity index (χ1n) is 6.21. The van der Waals surface area contributed by atoms with Crippen LogP contribution in [0.3, 0.4) is 0 Å². The molecule has 0 saturated carbocycles. The molecule has 0 radical (unpaired) electrons. The Balaban J connectivity index is 2.06. The molecule has 0 unspecified atom stereocenters. The van der Waals surface area contributed by atoms with Crippen molar-refractivity contribution in [2.24, 2.45) is 0 Å². The Hall–Kier alpha value is -1.77. The molecule has 1 aromatic carbocycles. The molecule has 0 aliphatic carbocycles. The fourth-order valence-electron chi connectivity index (χ4n) is 2.42. The molecule has 88 valence electrons. The van der Waals surface area contributed by atoms with Crippen LogP contribution < -0.4 is 10.3 Å². The third kappa shape index (κ3) is 1.82. The Morgan fingerprint density at radius 3 is 3.00 bits per heavy atom. The summed E-state index contributed by atoms with van der Waals surface area (Å²) in [6, 6.07) is 8.27. The molecule has 3 heteroatoms. The van der Waals surface area contributed by atoms with Crippen molar-refractivity contribution in [2.45, 2.75) is 19.8 Å². The van der Waals surface area contributed by atoms with Crippen molar-refractivity contribution < 1.29 is 9.41 Å². The quantitative estimate of drug-likeness (QED) is 0.810. The molecule has 1 aliphatic rings. The normalized spacial score (nSPS) is 15.0. The number of furan rings is 1. The maximum Gasteiger partial charge on any atom is 0.247 e. The highest BCUT2D eigenvalue weighted by Crippen LogP contribution is 2.26. The van der Waals surface area contributed by atoms with Gasteiger partial charge in [-0.2, -0.15) is 0 Å².